The fraction of sp³-hybridized carbons (Fsp3) is 0.724. The lowest BCUT2D eigenvalue weighted by Crippen LogP contribution is -2.43. The van der Waals surface area contributed by atoms with Gasteiger partial charge in [-0.15, -0.1) is 0 Å². The van der Waals surface area contributed by atoms with Crippen LogP contribution in [0.2, 0.25) is 0 Å². The third kappa shape index (κ3) is 13.8. The number of benzene rings is 1. The molecule has 0 radical (unpaired) electrons. The average molecular weight is 505 g/mol. The van der Waals surface area contributed by atoms with Gasteiger partial charge in [0.15, 0.2) is 0 Å². The van der Waals surface area contributed by atoms with Gasteiger partial charge in [-0.25, -0.2) is 9.59 Å². The first-order valence-electron chi connectivity index (χ1n) is 13.8. The molecule has 1 aromatic rings. The molecule has 7 heteroatoms. The number of alkyl carbamates (subject to hydrolysis) is 1. The standard InChI is InChI=1S/C17H25NO5.C12H23N/c1-17(2,3)23-16(21)18-14(15(19)20)10-7-11-22-12-13-8-5-4-6-9-13;1-3-7-11(8-4-1)13-12-9-5-2-6-10-12/h4-6,8-9,14H,7,10-12H2,1-3H3,(H,18,21)(H,19,20);11-13H,1-10H2. The second-order valence-corrected chi connectivity index (χ2v) is 11.1. The highest BCUT2D eigenvalue weighted by atomic mass is 16.6. The first-order chi connectivity index (χ1) is 17.2. The van der Waals surface area contributed by atoms with E-state index in [2.05, 4.69) is 10.6 Å². The van der Waals surface area contributed by atoms with Crippen LogP contribution >= 0.6 is 0 Å². The topological polar surface area (TPSA) is 96.9 Å². The number of carboxylic acids is 1. The molecule has 0 saturated heterocycles. The van der Waals surface area contributed by atoms with Crippen molar-refractivity contribution in [3.8, 4) is 0 Å². The van der Waals surface area contributed by atoms with E-state index in [4.69, 9.17) is 14.6 Å². The Kier molecular flexibility index (Phi) is 13.9. The van der Waals surface area contributed by atoms with E-state index in [0.717, 1.165) is 17.6 Å². The Morgan fingerprint density at radius 2 is 1.50 bits per heavy atom. The maximum absolute atomic E-state index is 11.6. The second kappa shape index (κ2) is 16.6. The molecular formula is C29H48N2O5. The number of carbonyl (C=O) groups excluding carboxylic acids is 1. The quantitative estimate of drug-likeness (QED) is 0.328. The molecule has 0 heterocycles. The van der Waals surface area contributed by atoms with Gasteiger partial charge >= 0.3 is 12.1 Å². The van der Waals surface area contributed by atoms with E-state index < -0.39 is 23.7 Å². The van der Waals surface area contributed by atoms with Crippen molar-refractivity contribution in [2.75, 3.05) is 6.61 Å². The number of hydrogen-bond donors (Lipinski definition) is 3. The number of nitrogens with one attached hydrogen (secondary N) is 2. The summed E-state index contributed by atoms with van der Waals surface area (Å²) in [5, 5.41) is 15.4. The predicted molar refractivity (Wildman–Crippen MR) is 143 cm³/mol. The lowest BCUT2D eigenvalue weighted by atomic mass is 9.91. The van der Waals surface area contributed by atoms with Crippen molar-refractivity contribution in [2.45, 2.75) is 128 Å². The van der Waals surface area contributed by atoms with Crippen LogP contribution in [0.25, 0.3) is 0 Å². The largest absolute Gasteiger partial charge is 0.480 e. The van der Waals surface area contributed by atoms with Crippen molar-refractivity contribution >= 4 is 12.1 Å². The van der Waals surface area contributed by atoms with Crippen LogP contribution in [0.15, 0.2) is 30.3 Å². The van der Waals surface area contributed by atoms with E-state index >= 15 is 0 Å². The van der Waals surface area contributed by atoms with Crippen LogP contribution in [0.5, 0.6) is 0 Å². The van der Waals surface area contributed by atoms with Gasteiger partial charge < -0.3 is 25.2 Å². The maximum atomic E-state index is 11.6. The second-order valence-electron chi connectivity index (χ2n) is 11.1. The molecule has 2 saturated carbocycles. The van der Waals surface area contributed by atoms with Crippen LogP contribution in [-0.2, 0) is 20.9 Å². The summed E-state index contributed by atoms with van der Waals surface area (Å²) in [5.74, 6) is -1.08. The van der Waals surface area contributed by atoms with E-state index in [0.29, 0.717) is 19.6 Å². The van der Waals surface area contributed by atoms with Gasteiger partial charge in [-0.3, -0.25) is 0 Å². The third-order valence-corrected chi connectivity index (χ3v) is 6.56. The van der Waals surface area contributed by atoms with Gasteiger partial charge in [0.2, 0.25) is 0 Å². The molecule has 3 rings (SSSR count). The molecule has 2 aliphatic rings. The first-order valence-corrected chi connectivity index (χ1v) is 13.8. The van der Waals surface area contributed by atoms with E-state index in [1.807, 2.05) is 30.3 Å². The average Bonchev–Trinajstić information content (AvgIpc) is 2.84. The number of rotatable bonds is 10. The highest BCUT2D eigenvalue weighted by Gasteiger charge is 2.23. The van der Waals surface area contributed by atoms with Crippen molar-refractivity contribution in [1.82, 2.24) is 10.6 Å². The van der Waals surface area contributed by atoms with Crippen LogP contribution in [0.1, 0.15) is 103 Å². The number of amides is 1. The van der Waals surface area contributed by atoms with Gasteiger partial charge in [-0.2, -0.15) is 0 Å². The number of aliphatic carboxylic acids is 1. The zero-order valence-electron chi connectivity index (χ0n) is 22.6. The van der Waals surface area contributed by atoms with E-state index in [1.54, 1.807) is 20.8 Å². The Hall–Kier alpha value is -2.12. The molecule has 1 amide bonds. The maximum Gasteiger partial charge on any atom is 0.408 e. The van der Waals surface area contributed by atoms with Gasteiger partial charge in [0.05, 0.1) is 6.61 Å². The summed E-state index contributed by atoms with van der Waals surface area (Å²) in [6.45, 7) is 6.08. The van der Waals surface area contributed by atoms with Crippen LogP contribution in [0.4, 0.5) is 4.79 Å². The summed E-state index contributed by atoms with van der Waals surface area (Å²) >= 11 is 0. The lowest BCUT2D eigenvalue weighted by Gasteiger charge is -2.30. The molecule has 36 heavy (non-hydrogen) atoms. The lowest BCUT2D eigenvalue weighted by molar-refractivity contribution is -0.139. The minimum atomic E-state index is -1.08. The van der Waals surface area contributed by atoms with Crippen molar-refractivity contribution in [1.29, 1.82) is 0 Å². The molecule has 0 spiro atoms. The smallest absolute Gasteiger partial charge is 0.408 e. The number of carboxylic acid groups (broad SMARTS) is 1. The fourth-order valence-electron chi connectivity index (χ4n) is 4.73. The zero-order valence-corrected chi connectivity index (χ0v) is 22.6. The summed E-state index contributed by atoms with van der Waals surface area (Å²) in [5.41, 5.74) is 0.403. The molecule has 204 valence electrons. The Bertz CT molecular complexity index is 722. The molecular weight excluding hydrogens is 456 g/mol. The Morgan fingerprint density at radius 3 is 2.00 bits per heavy atom. The zero-order chi connectivity index (χ0) is 26.2. The minimum absolute atomic E-state index is 0.281. The van der Waals surface area contributed by atoms with Crippen LogP contribution in [0.3, 0.4) is 0 Å². The number of ether oxygens (including phenoxy) is 2. The molecule has 0 aliphatic heterocycles. The van der Waals surface area contributed by atoms with E-state index in [9.17, 15) is 9.59 Å². The molecule has 3 N–H and O–H groups in total. The van der Waals surface area contributed by atoms with E-state index in [1.165, 1.54) is 64.2 Å². The van der Waals surface area contributed by atoms with E-state index in [-0.39, 0.29) is 6.42 Å². The van der Waals surface area contributed by atoms with Crippen molar-refractivity contribution in [3.05, 3.63) is 35.9 Å². The van der Waals surface area contributed by atoms with Crippen LogP contribution < -0.4 is 10.6 Å². The fourth-order valence-corrected chi connectivity index (χ4v) is 4.73. The summed E-state index contributed by atoms with van der Waals surface area (Å²) in [6.07, 6.45) is 14.6. The normalized spacial score (nSPS) is 18.0. The molecule has 0 aromatic heterocycles. The summed E-state index contributed by atoms with van der Waals surface area (Å²) in [7, 11) is 0. The minimum Gasteiger partial charge on any atom is -0.480 e. The number of carbonyl (C=O) groups is 2. The summed E-state index contributed by atoms with van der Waals surface area (Å²) in [6, 6.07) is 10.5. The molecule has 7 nitrogen and oxygen atoms in total. The highest BCUT2D eigenvalue weighted by molar-refractivity contribution is 5.79. The molecule has 1 atom stereocenters. The van der Waals surface area contributed by atoms with Gasteiger partial charge in [0.1, 0.15) is 11.6 Å². The Morgan fingerprint density at radius 1 is 0.944 bits per heavy atom. The predicted octanol–water partition coefficient (Wildman–Crippen LogP) is 6.20. The first kappa shape index (κ1) is 30.1. The van der Waals surface area contributed by atoms with Gasteiger partial charge in [0.25, 0.3) is 0 Å². The van der Waals surface area contributed by atoms with Gasteiger partial charge in [-0.1, -0.05) is 68.9 Å². The monoisotopic (exact) mass is 504 g/mol. The summed E-state index contributed by atoms with van der Waals surface area (Å²) in [4.78, 5) is 22.8. The number of hydrogen-bond acceptors (Lipinski definition) is 5. The summed E-state index contributed by atoms with van der Waals surface area (Å²) < 4.78 is 10.6. The van der Waals surface area contributed by atoms with Crippen LogP contribution in [0, 0.1) is 0 Å². The molecule has 1 unspecified atom stereocenters. The Labute approximate surface area is 217 Å². The van der Waals surface area contributed by atoms with Crippen molar-refractivity contribution in [2.24, 2.45) is 0 Å². The highest BCUT2D eigenvalue weighted by Crippen LogP contribution is 2.22. The third-order valence-electron chi connectivity index (χ3n) is 6.56. The molecule has 0 bridgehead atoms. The molecule has 2 aliphatic carbocycles. The molecule has 2 fully saturated rings. The van der Waals surface area contributed by atoms with Crippen molar-refractivity contribution < 1.29 is 24.2 Å². The molecule has 1 aromatic carbocycles. The van der Waals surface area contributed by atoms with Crippen LogP contribution in [-0.4, -0.2) is 47.5 Å². The SMILES string of the molecule is C1CCC(NC2CCCCC2)CC1.CC(C)(C)OC(=O)NC(CCCOCc1ccccc1)C(=O)O. The Balaban J connectivity index is 0.000000293. The van der Waals surface area contributed by atoms with Gasteiger partial charge in [-0.05, 0) is 64.9 Å². The van der Waals surface area contributed by atoms with Gasteiger partial charge in [0, 0.05) is 18.7 Å². The van der Waals surface area contributed by atoms with Crippen molar-refractivity contribution in [3.63, 3.8) is 0 Å².